The van der Waals surface area contributed by atoms with Crippen molar-refractivity contribution in [1.29, 1.82) is 0 Å². The van der Waals surface area contributed by atoms with Crippen LogP contribution in [0.1, 0.15) is 42.7 Å². The first-order valence-electron chi connectivity index (χ1n) is 9.87. The van der Waals surface area contributed by atoms with Crippen molar-refractivity contribution >= 4 is 12.3 Å². The average molecular weight is 370 g/mol. The van der Waals surface area contributed by atoms with E-state index in [2.05, 4.69) is 68.2 Å². The molecule has 4 rings (SSSR count). The molecule has 0 saturated carbocycles. The summed E-state index contributed by atoms with van der Waals surface area (Å²) < 4.78 is 0. The smallest absolute Gasteiger partial charge is 0.248 e. The third-order valence-corrected chi connectivity index (χ3v) is 5.79. The van der Waals surface area contributed by atoms with Gasteiger partial charge in [0, 0.05) is 35.9 Å². The van der Waals surface area contributed by atoms with Crippen LogP contribution in [0.4, 0.5) is 0 Å². The largest absolute Gasteiger partial charge is 0.326 e. The van der Waals surface area contributed by atoms with Gasteiger partial charge in [-0.1, -0.05) is 53.6 Å². The van der Waals surface area contributed by atoms with Crippen LogP contribution in [0, 0.1) is 12.8 Å². The van der Waals surface area contributed by atoms with Crippen LogP contribution in [0.3, 0.4) is 0 Å². The summed E-state index contributed by atoms with van der Waals surface area (Å²) in [6.45, 7) is 6.38. The fourth-order valence-corrected chi connectivity index (χ4v) is 4.75. The number of aliphatic imine (C=N–C) groups is 1. The van der Waals surface area contributed by atoms with Gasteiger partial charge in [-0.05, 0) is 50.5 Å². The molecular formula is C25H26N2O. The predicted molar refractivity (Wildman–Crippen MR) is 117 cm³/mol. The predicted octanol–water partition coefficient (Wildman–Crippen LogP) is 5.13. The van der Waals surface area contributed by atoms with Crippen molar-refractivity contribution in [3.8, 4) is 0 Å². The number of fused-ring (bicyclic) bond motifs is 4. The maximum atomic E-state index is 11.9. The van der Waals surface area contributed by atoms with Crippen LogP contribution in [0.15, 0.2) is 75.6 Å². The fourth-order valence-electron chi connectivity index (χ4n) is 4.75. The summed E-state index contributed by atoms with van der Waals surface area (Å²) >= 11 is 0. The minimum atomic E-state index is -0.424. The van der Waals surface area contributed by atoms with Crippen molar-refractivity contribution < 1.29 is 0 Å². The van der Waals surface area contributed by atoms with E-state index in [9.17, 15) is 4.79 Å². The van der Waals surface area contributed by atoms with E-state index in [1.165, 1.54) is 22.3 Å². The van der Waals surface area contributed by atoms with Crippen molar-refractivity contribution in [2.75, 3.05) is 0 Å². The van der Waals surface area contributed by atoms with Gasteiger partial charge in [0.05, 0.1) is 0 Å². The normalized spacial score (nSPS) is 25.3. The van der Waals surface area contributed by atoms with E-state index >= 15 is 0 Å². The Morgan fingerprint density at radius 3 is 2.86 bits per heavy atom. The van der Waals surface area contributed by atoms with Crippen molar-refractivity contribution in [3.63, 3.8) is 0 Å². The van der Waals surface area contributed by atoms with E-state index in [-0.39, 0.29) is 5.56 Å². The van der Waals surface area contributed by atoms with Gasteiger partial charge in [-0.2, -0.15) is 0 Å². The lowest BCUT2D eigenvalue weighted by molar-refractivity contribution is 0.413. The molecule has 0 spiro atoms. The SMILES string of the molecule is C/C=C1\[C@H]2C=C(C)C[C@]1(/N=C/C=C/c1cccc(C)c1)c1ccc(=O)[nH]c1C2. The van der Waals surface area contributed by atoms with Crippen molar-refractivity contribution in [1.82, 2.24) is 4.98 Å². The monoisotopic (exact) mass is 370 g/mol. The molecule has 2 aliphatic rings. The first kappa shape index (κ1) is 18.4. The number of aromatic amines is 1. The highest BCUT2D eigenvalue weighted by molar-refractivity contribution is 5.79. The lowest BCUT2D eigenvalue weighted by atomic mass is 9.63. The van der Waals surface area contributed by atoms with E-state index in [0.29, 0.717) is 5.92 Å². The zero-order chi connectivity index (χ0) is 19.7. The highest BCUT2D eigenvalue weighted by Gasteiger charge is 2.46. The Labute approximate surface area is 166 Å². The molecule has 0 radical (unpaired) electrons. The van der Waals surface area contributed by atoms with E-state index in [1.54, 1.807) is 6.07 Å². The fraction of sp³-hybridized carbons (Fsp3) is 0.280. The molecular weight excluding hydrogens is 344 g/mol. The van der Waals surface area contributed by atoms with Gasteiger partial charge in [-0.25, -0.2) is 0 Å². The van der Waals surface area contributed by atoms with Crippen LogP contribution in [0.25, 0.3) is 6.08 Å². The highest BCUT2D eigenvalue weighted by atomic mass is 16.1. The first-order chi connectivity index (χ1) is 13.5. The summed E-state index contributed by atoms with van der Waals surface area (Å²) in [6, 6.07) is 12.0. The molecule has 1 N–H and O–H groups in total. The molecule has 2 aliphatic carbocycles. The van der Waals surface area contributed by atoms with Crippen LogP contribution in [0.5, 0.6) is 0 Å². The van der Waals surface area contributed by atoms with Crippen molar-refractivity contribution in [2.24, 2.45) is 10.9 Å². The van der Waals surface area contributed by atoms with Gasteiger partial charge in [-0.3, -0.25) is 9.79 Å². The van der Waals surface area contributed by atoms with Gasteiger partial charge >= 0.3 is 0 Å². The molecule has 28 heavy (non-hydrogen) atoms. The van der Waals surface area contributed by atoms with E-state index in [0.717, 1.165) is 24.1 Å². The lowest BCUT2D eigenvalue weighted by Crippen LogP contribution is -2.40. The highest BCUT2D eigenvalue weighted by Crippen LogP contribution is 2.51. The summed E-state index contributed by atoms with van der Waals surface area (Å²) in [5, 5.41) is 0. The molecule has 2 bridgehead atoms. The summed E-state index contributed by atoms with van der Waals surface area (Å²) in [6.07, 6.45) is 12.2. The second-order valence-electron chi connectivity index (χ2n) is 7.87. The second-order valence-corrected chi connectivity index (χ2v) is 7.87. The Balaban J connectivity index is 1.77. The van der Waals surface area contributed by atoms with Gasteiger partial charge in [-0.15, -0.1) is 0 Å². The van der Waals surface area contributed by atoms with E-state index in [1.807, 2.05) is 18.4 Å². The average Bonchev–Trinajstić information content (AvgIpc) is 2.64. The number of H-pyrrole nitrogens is 1. The summed E-state index contributed by atoms with van der Waals surface area (Å²) in [7, 11) is 0. The van der Waals surface area contributed by atoms with Crippen LogP contribution in [-0.2, 0) is 12.0 Å². The standard InChI is InChI=1S/C25H26N2O/c1-4-21-20-14-18(3)16-25(21,22-10-11-24(28)27-23(22)15-20)26-12-6-9-19-8-5-7-17(2)13-19/h4-14,20H,15-16H2,1-3H3,(H,27,28)/b9-6+,21-4+,26-12+/t20-,25+/m0/s1. The quantitative estimate of drug-likeness (QED) is 0.591. The molecule has 0 unspecified atom stereocenters. The molecule has 3 nitrogen and oxygen atoms in total. The maximum absolute atomic E-state index is 11.9. The molecule has 142 valence electrons. The molecule has 2 aromatic rings. The number of nitrogens with one attached hydrogen (secondary N) is 1. The van der Waals surface area contributed by atoms with E-state index in [4.69, 9.17) is 4.99 Å². The molecule has 1 aromatic heterocycles. The van der Waals surface area contributed by atoms with Crippen LogP contribution >= 0.6 is 0 Å². The van der Waals surface area contributed by atoms with E-state index < -0.39 is 5.54 Å². The van der Waals surface area contributed by atoms with Crippen LogP contribution in [-0.4, -0.2) is 11.2 Å². The Bertz CT molecular complexity index is 1080. The van der Waals surface area contributed by atoms with Gasteiger partial charge in [0.15, 0.2) is 0 Å². The Hall–Kier alpha value is -2.94. The number of rotatable bonds is 3. The topological polar surface area (TPSA) is 45.2 Å². The maximum Gasteiger partial charge on any atom is 0.248 e. The van der Waals surface area contributed by atoms with Gasteiger partial charge in [0.2, 0.25) is 5.56 Å². The number of aryl methyl sites for hydroxylation is 1. The lowest BCUT2D eigenvalue weighted by Gasteiger charge is -2.45. The van der Waals surface area contributed by atoms with Gasteiger partial charge in [0.1, 0.15) is 5.54 Å². The minimum Gasteiger partial charge on any atom is -0.326 e. The number of aromatic nitrogens is 1. The number of hydrogen-bond donors (Lipinski definition) is 1. The van der Waals surface area contributed by atoms with Gasteiger partial charge in [0.25, 0.3) is 0 Å². The molecule has 0 saturated heterocycles. The molecule has 0 fully saturated rings. The molecule has 1 heterocycles. The molecule has 0 amide bonds. The molecule has 1 aromatic carbocycles. The second kappa shape index (κ2) is 7.23. The zero-order valence-electron chi connectivity index (χ0n) is 16.7. The summed E-state index contributed by atoms with van der Waals surface area (Å²) in [5.41, 5.74) is 6.78. The third kappa shape index (κ3) is 3.22. The van der Waals surface area contributed by atoms with Crippen molar-refractivity contribution in [2.45, 2.75) is 39.2 Å². The zero-order valence-corrected chi connectivity index (χ0v) is 16.7. The number of nitrogens with zero attached hydrogens (tertiary/aromatic N) is 1. The number of hydrogen-bond acceptors (Lipinski definition) is 2. The number of pyridine rings is 1. The Morgan fingerprint density at radius 1 is 1.21 bits per heavy atom. The van der Waals surface area contributed by atoms with Crippen molar-refractivity contribution in [3.05, 3.63) is 98.5 Å². The summed E-state index contributed by atoms with van der Waals surface area (Å²) in [5.74, 6) is 0.294. The van der Waals surface area contributed by atoms with Crippen LogP contribution < -0.4 is 5.56 Å². The molecule has 2 atom stereocenters. The number of benzene rings is 1. The third-order valence-electron chi connectivity index (χ3n) is 5.79. The molecule has 3 heteroatoms. The Morgan fingerprint density at radius 2 is 2.07 bits per heavy atom. The Kier molecular flexibility index (Phi) is 4.76. The minimum absolute atomic E-state index is 0.0417. The summed E-state index contributed by atoms with van der Waals surface area (Å²) in [4.78, 5) is 20.1. The van der Waals surface area contributed by atoms with Crippen LogP contribution in [0.2, 0.25) is 0 Å². The van der Waals surface area contributed by atoms with Gasteiger partial charge < -0.3 is 4.98 Å². The number of allylic oxidation sites excluding steroid dienone is 3. The first-order valence-corrected chi connectivity index (χ1v) is 9.87. The molecule has 0 aliphatic heterocycles.